The molecule has 5 N–H and O–H groups in total. The maximum absolute atomic E-state index is 12.0. The van der Waals surface area contributed by atoms with Gasteiger partial charge >= 0.3 is 0 Å². The van der Waals surface area contributed by atoms with Gasteiger partial charge in [0.15, 0.2) is 0 Å². The standard InChI is InChI=1S/C14H26N4O3/c1-9(2)13(16)14(21)17-8-12(20)18-5-3-10(4-6-18)7-11(15)19/h9-10,13H,3-8,16H2,1-2H3,(H2,15,19)(H,17,21)/t13-/m0/s1. The van der Waals surface area contributed by atoms with Gasteiger partial charge in [-0.25, -0.2) is 0 Å². The van der Waals surface area contributed by atoms with Crippen molar-refractivity contribution in [1.82, 2.24) is 10.2 Å². The first-order valence-electron chi connectivity index (χ1n) is 7.40. The number of carbonyl (C=O) groups excluding carboxylic acids is 3. The van der Waals surface area contributed by atoms with Crippen LogP contribution in [0.3, 0.4) is 0 Å². The van der Waals surface area contributed by atoms with Crippen LogP contribution in [-0.2, 0) is 14.4 Å². The average Bonchev–Trinajstić information content (AvgIpc) is 2.43. The summed E-state index contributed by atoms with van der Waals surface area (Å²) < 4.78 is 0. The summed E-state index contributed by atoms with van der Waals surface area (Å²) in [5.74, 6) is -0.423. The number of rotatable bonds is 6. The maximum Gasteiger partial charge on any atom is 0.241 e. The monoisotopic (exact) mass is 298 g/mol. The third-order valence-corrected chi connectivity index (χ3v) is 3.89. The third-order valence-electron chi connectivity index (χ3n) is 3.89. The number of nitrogens with zero attached hydrogens (tertiary/aromatic N) is 1. The summed E-state index contributed by atoms with van der Waals surface area (Å²) in [7, 11) is 0. The summed E-state index contributed by atoms with van der Waals surface area (Å²) in [4.78, 5) is 36.3. The number of amides is 3. The lowest BCUT2D eigenvalue weighted by atomic mass is 9.93. The SMILES string of the molecule is CC(C)[C@H](N)C(=O)NCC(=O)N1CCC(CC(N)=O)CC1. The molecular formula is C14H26N4O3. The summed E-state index contributed by atoms with van der Waals surface area (Å²) in [5, 5.41) is 2.58. The van der Waals surface area contributed by atoms with Crippen molar-refractivity contribution < 1.29 is 14.4 Å². The Kier molecular flexibility index (Phi) is 6.61. The van der Waals surface area contributed by atoms with Gasteiger partial charge in [-0.15, -0.1) is 0 Å². The molecule has 0 aliphatic carbocycles. The molecule has 1 atom stereocenters. The van der Waals surface area contributed by atoms with Crippen molar-refractivity contribution in [1.29, 1.82) is 0 Å². The molecule has 1 saturated heterocycles. The van der Waals surface area contributed by atoms with Crippen LogP contribution in [0.2, 0.25) is 0 Å². The minimum Gasteiger partial charge on any atom is -0.370 e. The highest BCUT2D eigenvalue weighted by atomic mass is 16.2. The molecule has 1 fully saturated rings. The van der Waals surface area contributed by atoms with Gasteiger partial charge in [0, 0.05) is 19.5 Å². The summed E-state index contributed by atoms with van der Waals surface area (Å²) in [6.07, 6.45) is 1.92. The molecule has 0 spiro atoms. The van der Waals surface area contributed by atoms with Crippen LogP contribution >= 0.6 is 0 Å². The van der Waals surface area contributed by atoms with E-state index in [4.69, 9.17) is 11.5 Å². The lowest BCUT2D eigenvalue weighted by molar-refractivity contribution is -0.134. The Hall–Kier alpha value is -1.63. The fraction of sp³-hybridized carbons (Fsp3) is 0.786. The Morgan fingerprint density at radius 3 is 2.29 bits per heavy atom. The topological polar surface area (TPSA) is 119 Å². The third kappa shape index (κ3) is 5.71. The van der Waals surface area contributed by atoms with Gasteiger partial charge in [-0.05, 0) is 24.7 Å². The van der Waals surface area contributed by atoms with Gasteiger partial charge in [-0.2, -0.15) is 0 Å². The molecule has 1 heterocycles. The van der Waals surface area contributed by atoms with Crippen LogP contribution < -0.4 is 16.8 Å². The molecule has 0 aromatic heterocycles. The van der Waals surface area contributed by atoms with Crippen molar-refractivity contribution in [3.63, 3.8) is 0 Å². The molecule has 120 valence electrons. The van der Waals surface area contributed by atoms with Crippen LogP contribution in [0.15, 0.2) is 0 Å². The Bertz CT molecular complexity index is 390. The zero-order chi connectivity index (χ0) is 16.0. The van der Waals surface area contributed by atoms with Crippen molar-refractivity contribution in [2.45, 2.75) is 39.2 Å². The van der Waals surface area contributed by atoms with E-state index in [1.807, 2.05) is 13.8 Å². The van der Waals surface area contributed by atoms with E-state index in [0.29, 0.717) is 19.5 Å². The molecular weight excluding hydrogens is 272 g/mol. The smallest absolute Gasteiger partial charge is 0.241 e. The van der Waals surface area contributed by atoms with Crippen LogP contribution in [0.1, 0.15) is 33.1 Å². The first-order chi connectivity index (χ1) is 9.81. The van der Waals surface area contributed by atoms with Crippen LogP contribution in [-0.4, -0.2) is 48.3 Å². The molecule has 3 amide bonds. The van der Waals surface area contributed by atoms with E-state index in [0.717, 1.165) is 12.8 Å². The van der Waals surface area contributed by atoms with Gasteiger partial charge in [0.25, 0.3) is 0 Å². The highest BCUT2D eigenvalue weighted by molar-refractivity contribution is 5.87. The predicted molar refractivity (Wildman–Crippen MR) is 78.9 cm³/mol. The quantitative estimate of drug-likeness (QED) is 0.595. The van der Waals surface area contributed by atoms with E-state index in [1.165, 1.54) is 0 Å². The van der Waals surface area contributed by atoms with Crippen molar-refractivity contribution in [2.75, 3.05) is 19.6 Å². The normalized spacial score (nSPS) is 17.6. The molecule has 1 aliphatic rings. The first-order valence-corrected chi connectivity index (χ1v) is 7.40. The minimum atomic E-state index is -0.598. The minimum absolute atomic E-state index is 0.0280. The van der Waals surface area contributed by atoms with E-state index >= 15 is 0 Å². The fourth-order valence-corrected chi connectivity index (χ4v) is 2.37. The van der Waals surface area contributed by atoms with Gasteiger partial charge in [0.05, 0.1) is 12.6 Å². The highest BCUT2D eigenvalue weighted by Gasteiger charge is 2.24. The molecule has 0 unspecified atom stereocenters. The largest absolute Gasteiger partial charge is 0.370 e. The molecule has 7 heteroatoms. The molecule has 1 rings (SSSR count). The average molecular weight is 298 g/mol. The second-order valence-electron chi connectivity index (χ2n) is 5.98. The first kappa shape index (κ1) is 17.4. The number of carbonyl (C=O) groups is 3. The number of piperidine rings is 1. The molecule has 0 radical (unpaired) electrons. The highest BCUT2D eigenvalue weighted by Crippen LogP contribution is 2.19. The van der Waals surface area contributed by atoms with Gasteiger partial charge in [-0.3, -0.25) is 14.4 Å². The number of likely N-dealkylation sites (tertiary alicyclic amines) is 1. The second-order valence-corrected chi connectivity index (χ2v) is 5.98. The number of nitrogens with two attached hydrogens (primary N) is 2. The van der Waals surface area contributed by atoms with Crippen molar-refractivity contribution in [2.24, 2.45) is 23.3 Å². The lowest BCUT2D eigenvalue weighted by Gasteiger charge is -2.31. The van der Waals surface area contributed by atoms with E-state index in [2.05, 4.69) is 5.32 Å². The molecule has 0 bridgehead atoms. The van der Waals surface area contributed by atoms with E-state index in [9.17, 15) is 14.4 Å². The van der Waals surface area contributed by atoms with Gasteiger partial charge in [0.1, 0.15) is 0 Å². The number of hydrogen-bond acceptors (Lipinski definition) is 4. The van der Waals surface area contributed by atoms with Gasteiger partial charge in [0.2, 0.25) is 17.7 Å². The van der Waals surface area contributed by atoms with Gasteiger partial charge < -0.3 is 21.7 Å². The van der Waals surface area contributed by atoms with E-state index in [-0.39, 0.29) is 36.1 Å². The van der Waals surface area contributed by atoms with Crippen LogP contribution in [0.5, 0.6) is 0 Å². The maximum atomic E-state index is 12.0. The van der Waals surface area contributed by atoms with Gasteiger partial charge in [-0.1, -0.05) is 13.8 Å². The molecule has 0 saturated carbocycles. The summed E-state index contributed by atoms with van der Waals surface area (Å²) in [6, 6.07) is -0.598. The van der Waals surface area contributed by atoms with E-state index in [1.54, 1.807) is 4.90 Å². The Balaban J connectivity index is 2.31. The Morgan fingerprint density at radius 1 is 1.24 bits per heavy atom. The molecule has 1 aliphatic heterocycles. The number of hydrogen-bond donors (Lipinski definition) is 3. The molecule has 7 nitrogen and oxygen atoms in total. The zero-order valence-electron chi connectivity index (χ0n) is 12.8. The summed E-state index contributed by atoms with van der Waals surface area (Å²) in [6.45, 7) is 4.89. The van der Waals surface area contributed by atoms with Crippen LogP contribution in [0.25, 0.3) is 0 Å². The molecule has 0 aromatic rings. The lowest BCUT2D eigenvalue weighted by Crippen LogP contribution is -2.49. The van der Waals surface area contributed by atoms with Crippen LogP contribution in [0.4, 0.5) is 0 Å². The Labute approximate surface area is 125 Å². The molecule has 21 heavy (non-hydrogen) atoms. The predicted octanol–water partition coefficient (Wildman–Crippen LogP) is -0.800. The van der Waals surface area contributed by atoms with E-state index < -0.39 is 6.04 Å². The Morgan fingerprint density at radius 2 is 1.81 bits per heavy atom. The zero-order valence-corrected chi connectivity index (χ0v) is 12.8. The molecule has 0 aromatic carbocycles. The summed E-state index contributed by atoms with van der Waals surface area (Å²) >= 11 is 0. The number of primary amides is 1. The van der Waals surface area contributed by atoms with Crippen molar-refractivity contribution >= 4 is 17.7 Å². The van der Waals surface area contributed by atoms with Crippen molar-refractivity contribution in [3.05, 3.63) is 0 Å². The number of nitrogens with one attached hydrogen (secondary N) is 1. The van der Waals surface area contributed by atoms with Crippen LogP contribution in [0, 0.1) is 11.8 Å². The fourth-order valence-electron chi connectivity index (χ4n) is 2.37. The summed E-state index contributed by atoms with van der Waals surface area (Å²) in [5.41, 5.74) is 10.9. The second kappa shape index (κ2) is 7.97. The van der Waals surface area contributed by atoms with Crippen molar-refractivity contribution in [3.8, 4) is 0 Å².